The third kappa shape index (κ3) is 4.01. The van der Waals surface area contributed by atoms with Crippen LogP contribution in [0.3, 0.4) is 0 Å². The molecule has 7 nitrogen and oxygen atoms in total. The third-order valence-corrected chi connectivity index (χ3v) is 5.85. The Hall–Kier alpha value is -3.17. The lowest BCUT2D eigenvalue weighted by Crippen LogP contribution is -2.41. The highest BCUT2D eigenvalue weighted by Gasteiger charge is 2.37. The van der Waals surface area contributed by atoms with Crippen LogP contribution in [-0.4, -0.2) is 39.0 Å². The van der Waals surface area contributed by atoms with Crippen molar-refractivity contribution in [3.05, 3.63) is 56.8 Å². The van der Waals surface area contributed by atoms with Gasteiger partial charge in [0.2, 0.25) is 0 Å². The number of hydrogen-bond donors (Lipinski definition) is 1. The summed E-state index contributed by atoms with van der Waals surface area (Å²) >= 11 is 0. The molecule has 1 N–H and O–H groups in total. The Morgan fingerprint density at radius 2 is 2.06 bits per heavy atom. The van der Waals surface area contributed by atoms with Crippen LogP contribution in [-0.2, 0) is 6.18 Å². The smallest absolute Gasteiger partial charge is 0.338 e. The average molecular weight is 448 g/mol. The number of halogens is 3. The number of pyridine rings is 2. The topological polar surface area (TPSA) is 92.1 Å². The fourth-order valence-electron chi connectivity index (χ4n) is 4.11. The predicted octanol–water partition coefficient (Wildman–Crippen LogP) is 4.38. The quantitative estimate of drug-likeness (QED) is 0.642. The first kappa shape index (κ1) is 22.0. The maximum Gasteiger partial charge on any atom is 0.417 e. The van der Waals surface area contributed by atoms with Crippen molar-refractivity contribution in [3.63, 3.8) is 0 Å². The highest BCUT2D eigenvalue weighted by atomic mass is 19.4. The van der Waals surface area contributed by atoms with Gasteiger partial charge in [-0.2, -0.15) is 13.2 Å². The molecule has 1 atom stereocenters. The van der Waals surface area contributed by atoms with Crippen molar-refractivity contribution in [1.82, 2.24) is 20.0 Å². The zero-order chi connectivity index (χ0) is 23.2. The van der Waals surface area contributed by atoms with Gasteiger partial charge in [-0.25, -0.2) is 4.98 Å². The molecule has 0 aromatic carbocycles. The Balaban J connectivity index is 1.64. The van der Waals surface area contributed by atoms with Crippen molar-refractivity contribution < 1.29 is 22.5 Å². The van der Waals surface area contributed by atoms with Gasteiger partial charge in [-0.05, 0) is 43.9 Å². The van der Waals surface area contributed by atoms with E-state index >= 15 is 0 Å². The molecule has 0 radical (unpaired) electrons. The van der Waals surface area contributed by atoms with E-state index in [4.69, 9.17) is 4.52 Å². The van der Waals surface area contributed by atoms with Gasteiger partial charge in [0.1, 0.15) is 5.56 Å². The number of carbonyl (C=O) groups is 1. The molecule has 0 spiro atoms. The van der Waals surface area contributed by atoms with E-state index < -0.39 is 29.1 Å². The SMILES string of the molecule is Cc1noc2nc([C@H]3CCCN(C(=O)c4ccc(C(C)C)[nH]c4=O)C3)cc(C(F)(F)F)c12. The van der Waals surface area contributed by atoms with Crippen molar-refractivity contribution in [2.24, 2.45) is 0 Å². The van der Waals surface area contributed by atoms with Crippen LogP contribution in [0, 0.1) is 6.92 Å². The van der Waals surface area contributed by atoms with Gasteiger partial charge in [0.25, 0.3) is 17.2 Å². The minimum Gasteiger partial charge on any atom is -0.338 e. The van der Waals surface area contributed by atoms with Crippen molar-refractivity contribution >= 4 is 17.0 Å². The summed E-state index contributed by atoms with van der Waals surface area (Å²) in [6.45, 7) is 5.86. The van der Waals surface area contributed by atoms with E-state index in [1.54, 1.807) is 6.07 Å². The molecule has 1 saturated heterocycles. The van der Waals surface area contributed by atoms with Crippen LogP contribution in [0.2, 0.25) is 0 Å². The molecule has 0 saturated carbocycles. The van der Waals surface area contributed by atoms with Gasteiger partial charge in [-0.3, -0.25) is 9.59 Å². The second kappa shape index (κ2) is 8.07. The Labute approximate surface area is 181 Å². The largest absolute Gasteiger partial charge is 0.417 e. The number of piperidine rings is 1. The summed E-state index contributed by atoms with van der Waals surface area (Å²) in [6.07, 6.45) is -3.45. The summed E-state index contributed by atoms with van der Waals surface area (Å²) in [4.78, 5) is 33.9. The second-order valence-corrected chi connectivity index (χ2v) is 8.44. The number of hydrogen-bond acceptors (Lipinski definition) is 5. The van der Waals surface area contributed by atoms with Crippen LogP contribution in [0.5, 0.6) is 0 Å². The standard InChI is InChI=1S/C22H23F3N4O3/c1-11(2)16-7-6-14(19(30)26-16)21(31)29-8-4-5-13(10-29)17-9-15(22(23,24)25)18-12(3)28-32-20(18)27-17/h6-7,9,11,13H,4-5,8,10H2,1-3H3,(H,26,30)/t13-/m0/s1. The number of likely N-dealkylation sites (tertiary alicyclic amines) is 1. The number of aromatic amines is 1. The highest BCUT2D eigenvalue weighted by molar-refractivity contribution is 5.94. The fourth-order valence-corrected chi connectivity index (χ4v) is 4.11. The number of rotatable bonds is 3. The molecule has 170 valence electrons. The van der Waals surface area contributed by atoms with Gasteiger partial charge in [0.05, 0.1) is 22.3 Å². The molecule has 1 fully saturated rings. The number of aryl methyl sites for hydroxylation is 1. The van der Waals surface area contributed by atoms with E-state index in [0.717, 1.165) is 11.8 Å². The fraction of sp³-hybridized carbons (Fsp3) is 0.455. The summed E-state index contributed by atoms with van der Waals surface area (Å²) in [5, 5.41) is 3.48. The number of alkyl halides is 3. The first-order valence-corrected chi connectivity index (χ1v) is 10.4. The van der Waals surface area contributed by atoms with E-state index in [1.807, 2.05) is 13.8 Å². The molecule has 0 unspecified atom stereocenters. The number of fused-ring (bicyclic) bond motifs is 1. The maximum absolute atomic E-state index is 13.7. The summed E-state index contributed by atoms with van der Waals surface area (Å²) in [7, 11) is 0. The normalized spacial score (nSPS) is 17.3. The van der Waals surface area contributed by atoms with Gasteiger partial charge in [-0.1, -0.05) is 19.0 Å². The van der Waals surface area contributed by atoms with Crippen LogP contribution in [0.15, 0.2) is 27.5 Å². The van der Waals surface area contributed by atoms with Gasteiger partial charge >= 0.3 is 6.18 Å². The highest BCUT2D eigenvalue weighted by Crippen LogP contribution is 2.38. The van der Waals surface area contributed by atoms with Crippen molar-refractivity contribution in [2.45, 2.75) is 51.6 Å². The molecule has 32 heavy (non-hydrogen) atoms. The molecule has 3 aromatic rings. The zero-order valence-electron chi connectivity index (χ0n) is 17.9. The molecule has 1 aliphatic rings. The molecule has 1 amide bonds. The molecule has 4 heterocycles. The van der Waals surface area contributed by atoms with Crippen LogP contribution >= 0.6 is 0 Å². The average Bonchev–Trinajstić information content (AvgIpc) is 3.12. The van der Waals surface area contributed by atoms with Crippen LogP contribution in [0.1, 0.15) is 71.5 Å². The number of H-pyrrole nitrogens is 1. The van der Waals surface area contributed by atoms with Gasteiger partial charge in [0, 0.05) is 24.7 Å². The number of carbonyl (C=O) groups excluding carboxylic acids is 1. The van der Waals surface area contributed by atoms with Gasteiger partial charge in [-0.15, -0.1) is 0 Å². The number of amides is 1. The summed E-state index contributed by atoms with van der Waals surface area (Å²) in [5.41, 5.74) is -0.433. The third-order valence-electron chi connectivity index (χ3n) is 5.85. The van der Waals surface area contributed by atoms with Crippen LogP contribution in [0.25, 0.3) is 11.1 Å². The van der Waals surface area contributed by atoms with Gasteiger partial charge < -0.3 is 14.4 Å². The molecule has 0 aliphatic carbocycles. The first-order valence-electron chi connectivity index (χ1n) is 10.4. The Morgan fingerprint density at radius 3 is 2.72 bits per heavy atom. The molecular weight excluding hydrogens is 425 g/mol. The lowest BCUT2D eigenvalue weighted by atomic mass is 9.92. The van der Waals surface area contributed by atoms with Crippen LogP contribution < -0.4 is 5.56 Å². The van der Waals surface area contributed by atoms with Crippen molar-refractivity contribution in [2.75, 3.05) is 13.1 Å². The maximum atomic E-state index is 13.7. The lowest BCUT2D eigenvalue weighted by molar-refractivity contribution is -0.136. The minimum atomic E-state index is -4.60. The molecule has 0 bridgehead atoms. The Kier molecular flexibility index (Phi) is 5.56. The molecule has 4 rings (SSSR count). The van der Waals surface area contributed by atoms with E-state index in [1.165, 1.54) is 17.9 Å². The monoisotopic (exact) mass is 448 g/mol. The summed E-state index contributed by atoms with van der Waals surface area (Å²) in [5.74, 6) is -0.758. The van der Waals surface area contributed by atoms with Crippen molar-refractivity contribution in [3.8, 4) is 0 Å². The Morgan fingerprint density at radius 1 is 1.31 bits per heavy atom. The lowest BCUT2D eigenvalue weighted by Gasteiger charge is -2.32. The number of aromatic nitrogens is 3. The second-order valence-electron chi connectivity index (χ2n) is 8.44. The van der Waals surface area contributed by atoms with E-state index in [0.29, 0.717) is 19.4 Å². The van der Waals surface area contributed by atoms with Crippen LogP contribution in [0.4, 0.5) is 13.2 Å². The molecular formula is C22H23F3N4O3. The molecule has 10 heteroatoms. The van der Waals surface area contributed by atoms with E-state index in [-0.39, 0.29) is 40.5 Å². The van der Waals surface area contributed by atoms with Gasteiger partial charge in [0.15, 0.2) is 0 Å². The molecule has 1 aliphatic heterocycles. The number of nitrogens with one attached hydrogen (secondary N) is 1. The summed E-state index contributed by atoms with van der Waals surface area (Å²) in [6, 6.07) is 4.23. The summed E-state index contributed by atoms with van der Waals surface area (Å²) < 4.78 is 46.1. The van der Waals surface area contributed by atoms with E-state index in [9.17, 15) is 22.8 Å². The molecule has 3 aromatic heterocycles. The minimum absolute atomic E-state index is 0.0142. The predicted molar refractivity (Wildman–Crippen MR) is 111 cm³/mol. The number of nitrogens with zero attached hydrogens (tertiary/aromatic N) is 3. The van der Waals surface area contributed by atoms with Crippen molar-refractivity contribution in [1.29, 1.82) is 0 Å². The Bertz CT molecular complexity index is 1230. The zero-order valence-corrected chi connectivity index (χ0v) is 17.9. The first-order chi connectivity index (χ1) is 15.1. The van der Waals surface area contributed by atoms with E-state index in [2.05, 4.69) is 15.1 Å².